The van der Waals surface area contributed by atoms with Gasteiger partial charge in [-0.05, 0) is 48.4 Å². The molecule has 0 atom stereocenters. The van der Waals surface area contributed by atoms with Gasteiger partial charge in [-0.15, -0.1) is 23.1 Å². The second kappa shape index (κ2) is 7.21. The minimum Gasteiger partial charge on any atom is -0.338 e. The molecule has 2 N–H and O–H groups in total. The number of amides is 2. The van der Waals surface area contributed by atoms with Crippen molar-refractivity contribution < 1.29 is 4.79 Å². The van der Waals surface area contributed by atoms with E-state index in [0.29, 0.717) is 6.54 Å². The molecule has 2 rings (SSSR count). The molecule has 3 nitrogen and oxygen atoms in total. The number of nitrogens with one attached hydrogen (secondary N) is 2. The first-order chi connectivity index (χ1) is 9.28. The van der Waals surface area contributed by atoms with Crippen LogP contribution in [0.15, 0.2) is 46.7 Å². The molecule has 0 bridgehead atoms. The first-order valence-electron chi connectivity index (χ1n) is 5.99. The first-order valence-corrected chi connectivity index (χ1v) is 8.09. The number of hydrogen-bond acceptors (Lipinski definition) is 3. The molecule has 0 aliphatic heterocycles. The second-order valence-corrected chi connectivity index (χ2v) is 5.85. The minimum atomic E-state index is -0.159. The number of anilines is 1. The third-order valence-electron chi connectivity index (χ3n) is 2.58. The smallest absolute Gasteiger partial charge is 0.319 e. The molecular formula is C14H16N2OS2. The van der Waals surface area contributed by atoms with Crippen LogP contribution in [0, 0.1) is 0 Å². The second-order valence-electron chi connectivity index (χ2n) is 3.94. The van der Waals surface area contributed by atoms with Gasteiger partial charge in [-0.25, -0.2) is 4.79 Å². The molecule has 1 heterocycles. The summed E-state index contributed by atoms with van der Waals surface area (Å²) >= 11 is 3.39. The van der Waals surface area contributed by atoms with Gasteiger partial charge in [-0.2, -0.15) is 0 Å². The standard InChI is InChI=1S/C14H16N2OS2/c1-18-12-6-4-11(5-7-12)16-14(17)15-9-8-13-3-2-10-19-13/h2-7,10H,8-9H2,1H3,(H2,15,16,17). The third kappa shape index (κ3) is 4.61. The molecule has 1 aromatic heterocycles. The van der Waals surface area contributed by atoms with Crippen LogP contribution in [0.2, 0.25) is 0 Å². The van der Waals surface area contributed by atoms with E-state index in [4.69, 9.17) is 0 Å². The Bertz CT molecular complexity index is 509. The Morgan fingerprint density at radius 1 is 1.26 bits per heavy atom. The topological polar surface area (TPSA) is 41.1 Å². The Morgan fingerprint density at radius 2 is 2.05 bits per heavy atom. The van der Waals surface area contributed by atoms with E-state index >= 15 is 0 Å². The van der Waals surface area contributed by atoms with Crippen LogP contribution in [0.25, 0.3) is 0 Å². The number of hydrogen-bond donors (Lipinski definition) is 2. The van der Waals surface area contributed by atoms with Crippen molar-refractivity contribution in [2.24, 2.45) is 0 Å². The number of rotatable bonds is 5. The highest BCUT2D eigenvalue weighted by molar-refractivity contribution is 7.98. The lowest BCUT2D eigenvalue weighted by Gasteiger charge is -2.07. The van der Waals surface area contributed by atoms with Crippen molar-refractivity contribution >= 4 is 34.8 Å². The summed E-state index contributed by atoms with van der Waals surface area (Å²) in [6.07, 6.45) is 2.90. The largest absolute Gasteiger partial charge is 0.338 e. The molecule has 0 spiro atoms. The summed E-state index contributed by atoms with van der Waals surface area (Å²) in [5.74, 6) is 0. The third-order valence-corrected chi connectivity index (χ3v) is 4.26. The lowest BCUT2D eigenvalue weighted by molar-refractivity contribution is 0.252. The lowest BCUT2D eigenvalue weighted by Crippen LogP contribution is -2.30. The average molecular weight is 292 g/mol. The van der Waals surface area contributed by atoms with Crippen LogP contribution in [-0.2, 0) is 6.42 Å². The van der Waals surface area contributed by atoms with Gasteiger partial charge in [0.05, 0.1) is 0 Å². The predicted molar refractivity (Wildman–Crippen MR) is 83.3 cm³/mol. The van der Waals surface area contributed by atoms with Crippen molar-refractivity contribution in [3.63, 3.8) is 0 Å². The Labute approximate surface area is 121 Å². The van der Waals surface area contributed by atoms with Crippen molar-refractivity contribution in [1.82, 2.24) is 5.32 Å². The molecule has 2 amide bonds. The monoisotopic (exact) mass is 292 g/mol. The van der Waals surface area contributed by atoms with Gasteiger partial charge < -0.3 is 10.6 Å². The van der Waals surface area contributed by atoms with Crippen molar-refractivity contribution in [3.8, 4) is 0 Å². The van der Waals surface area contributed by atoms with E-state index in [-0.39, 0.29) is 6.03 Å². The highest BCUT2D eigenvalue weighted by Crippen LogP contribution is 2.17. The molecule has 2 aromatic rings. The van der Waals surface area contributed by atoms with E-state index in [0.717, 1.165) is 12.1 Å². The van der Waals surface area contributed by atoms with Gasteiger partial charge in [0.15, 0.2) is 0 Å². The average Bonchev–Trinajstić information content (AvgIpc) is 2.93. The Balaban J connectivity index is 1.74. The van der Waals surface area contributed by atoms with Crippen LogP contribution >= 0.6 is 23.1 Å². The van der Waals surface area contributed by atoms with Crippen LogP contribution in [-0.4, -0.2) is 18.8 Å². The minimum absolute atomic E-state index is 0.159. The predicted octanol–water partition coefficient (Wildman–Crippen LogP) is 3.83. The normalized spacial score (nSPS) is 10.2. The Morgan fingerprint density at radius 3 is 2.68 bits per heavy atom. The van der Waals surface area contributed by atoms with Gasteiger partial charge in [-0.1, -0.05) is 6.07 Å². The molecular weight excluding hydrogens is 276 g/mol. The van der Waals surface area contributed by atoms with Crippen LogP contribution < -0.4 is 10.6 Å². The highest BCUT2D eigenvalue weighted by atomic mass is 32.2. The molecule has 5 heteroatoms. The van der Waals surface area contributed by atoms with Crippen molar-refractivity contribution in [2.45, 2.75) is 11.3 Å². The fourth-order valence-corrected chi connectivity index (χ4v) is 2.72. The number of thioether (sulfide) groups is 1. The van der Waals surface area contributed by atoms with Crippen molar-refractivity contribution in [2.75, 3.05) is 18.1 Å². The van der Waals surface area contributed by atoms with E-state index in [1.54, 1.807) is 23.1 Å². The molecule has 0 radical (unpaired) electrons. The lowest BCUT2D eigenvalue weighted by atomic mass is 10.3. The molecule has 0 unspecified atom stereocenters. The van der Waals surface area contributed by atoms with Gasteiger partial charge in [0, 0.05) is 22.0 Å². The molecule has 19 heavy (non-hydrogen) atoms. The maximum absolute atomic E-state index is 11.7. The fraction of sp³-hybridized carbons (Fsp3) is 0.214. The Kier molecular flexibility index (Phi) is 5.30. The number of carbonyl (C=O) groups excluding carboxylic acids is 1. The molecule has 0 aliphatic rings. The number of carbonyl (C=O) groups is 1. The fourth-order valence-electron chi connectivity index (χ4n) is 1.60. The van der Waals surface area contributed by atoms with Gasteiger partial charge in [0.2, 0.25) is 0 Å². The molecule has 0 saturated carbocycles. The summed E-state index contributed by atoms with van der Waals surface area (Å²) in [4.78, 5) is 14.1. The summed E-state index contributed by atoms with van der Waals surface area (Å²) in [6.45, 7) is 0.648. The Hall–Kier alpha value is -1.46. The maximum Gasteiger partial charge on any atom is 0.319 e. The molecule has 0 saturated heterocycles. The summed E-state index contributed by atoms with van der Waals surface area (Å²) in [6, 6.07) is 11.7. The van der Waals surface area contributed by atoms with Gasteiger partial charge in [0.25, 0.3) is 0 Å². The molecule has 1 aromatic carbocycles. The molecule has 0 aliphatic carbocycles. The number of urea groups is 1. The SMILES string of the molecule is CSc1ccc(NC(=O)NCCc2cccs2)cc1. The van der Waals surface area contributed by atoms with Gasteiger partial charge in [0.1, 0.15) is 0 Å². The van der Waals surface area contributed by atoms with Crippen molar-refractivity contribution in [1.29, 1.82) is 0 Å². The summed E-state index contributed by atoms with van der Waals surface area (Å²) in [5.41, 5.74) is 0.812. The first kappa shape index (κ1) is 14.0. The van der Waals surface area contributed by atoms with Crippen LogP contribution in [0.1, 0.15) is 4.88 Å². The quantitative estimate of drug-likeness (QED) is 0.822. The van der Waals surface area contributed by atoms with E-state index in [1.165, 1.54) is 9.77 Å². The van der Waals surface area contributed by atoms with E-state index in [1.807, 2.05) is 42.0 Å². The van der Waals surface area contributed by atoms with E-state index in [2.05, 4.69) is 16.7 Å². The zero-order valence-corrected chi connectivity index (χ0v) is 12.3. The summed E-state index contributed by atoms with van der Waals surface area (Å²) in [5, 5.41) is 7.71. The zero-order chi connectivity index (χ0) is 13.5. The number of thiophene rings is 1. The van der Waals surface area contributed by atoms with E-state index in [9.17, 15) is 4.79 Å². The number of benzene rings is 1. The summed E-state index contributed by atoms with van der Waals surface area (Å²) < 4.78 is 0. The van der Waals surface area contributed by atoms with Crippen LogP contribution in [0.3, 0.4) is 0 Å². The van der Waals surface area contributed by atoms with Crippen LogP contribution in [0.4, 0.5) is 10.5 Å². The molecule has 0 fully saturated rings. The summed E-state index contributed by atoms with van der Waals surface area (Å²) in [7, 11) is 0. The zero-order valence-electron chi connectivity index (χ0n) is 10.7. The van der Waals surface area contributed by atoms with Crippen LogP contribution in [0.5, 0.6) is 0 Å². The van der Waals surface area contributed by atoms with Crippen molar-refractivity contribution in [3.05, 3.63) is 46.7 Å². The highest BCUT2D eigenvalue weighted by Gasteiger charge is 2.01. The molecule has 100 valence electrons. The maximum atomic E-state index is 11.7. The van der Waals surface area contributed by atoms with Gasteiger partial charge in [-0.3, -0.25) is 0 Å². The van der Waals surface area contributed by atoms with Gasteiger partial charge >= 0.3 is 6.03 Å². The van der Waals surface area contributed by atoms with E-state index < -0.39 is 0 Å².